The fourth-order valence-electron chi connectivity index (χ4n) is 3.95. The summed E-state index contributed by atoms with van der Waals surface area (Å²) in [5, 5.41) is -0.459. The number of sulfone groups is 1. The Bertz CT molecular complexity index is 804. The zero-order valence-electron chi connectivity index (χ0n) is 14.0. The van der Waals surface area contributed by atoms with Crippen LogP contribution in [0.4, 0.5) is 0 Å². The predicted molar refractivity (Wildman–Crippen MR) is 94.9 cm³/mol. The molecule has 2 aliphatic rings. The van der Waals surface area contributed by atoms with Gasteiger partial charge in [-0.1, -0.05) is 48.5 Å². The monoisotopic (exact) mass is 358 g/mol. The summed E-state index contributed by atoms with van der Waals surface area (Å²) in [6, 6.07) is 18.7. The minimum atomic E-state index is -3.36. The second kappa shape index (κ2) is 6.90. The van der Waals surface area contributed by atoms with Gasteiger partial charge < -0.3 is 9.47 Å². The second-order valence-electron chi connectivity index (χ2n) is 6.85. The van der Waals surface area contributed by atoms with E-state index in [1.807, 2.05) is 36.4 Å². The van der Waals surface area contributed by atoms with Gasteiger partial charge in [0.05, 0.1) is 35.6 Å². The summed E-state index contributed by atoms with van der Waals surface area (Å²) in [5.74, 6) is 0.144. The zero-order valence-corrected chi connectivity index (χ0v) is 14.8. The first-order valence-corrected chi connectivity index (χ1v) is 10.3. The van der Waals surface area contributed by atoms with Crippen molar-refractivity contribution >= 4 is 9.84 Å². The van der Waals surface area contributed by atoms with Gasteiger partial charge in [-0.3, -0.25) is 0 Å². The van der Waals surface area contributed by atoms with Crippen LogP contribution in [0.3, 0.4) is 0 Å². The molecule has 0 amide bonds. The van der Waals surface area contributed by atoms with Gasteiger partial charge in [0.15, 0.2) is 9.84 Å². The van der Waals surface area contributed by atoms with E-state index in [-0.39, 0.29) is 18.1 Å². The molecule has 4 nitrogen and oxygen atoms in total. The maximum Gasteiger partial charge on any atom is 0.183 e. The van der Waals surface area contributed by atoms with E-state index in [9.17, 15) is 8.42 Å². The molecule has 0 saturated carbocycles. The molecule has 5 heteroatoms. The summed E-state index contributed by atoms with van der Waals surface area (Å²) >= 11 is 0. The van der Waals surface area contributed by atoms with Crippen LogP contribution in [0.2, 0.25) is 0 Å². The maximum absolute atomic E-state index is 12.9. The molecule has 0 radical (unpaired) electrons. The van der Waals surface area contributed by atoms with Crippen molar-refractivity contribution < 1.29 is 17.9 Å². The molecule has 2 aliphatic heterocycles. The Kier molecular flexibility index (Phi) is 4.63. The highest BCUT2D eigenvalue weighted by molar-refractivity contribution is 7.92. The Morgan fingerprint density at radius 2 is 1.64 bits per heavy atom. The van der Waals surface area contributed by atoms with Crippen molar-refractivity contribution in [2.45, 2.75) is 41.8 Å². The van der Waals surface area contributed by atoms with Gasteiger partial charge in [0.25, 0.3) is 0 Å². The summed E-state index contributed by atoms with van der Waals surface area (Å²) in [6.45, 7) is 1.09. The van der Waals surface area contributed by atoms with Crippen LogP contribution >= 0.6 is 0 Å². The van der Waals surface area contributed by atoms with Crippen molar-refractivity contribution in [3.63, 3.8) is 0 Å². The fraction of sp³-hybridized carbons (Fsp3) is 0.400. The quantitative estimate of drug-likeness (QED) is 0.796. The number of hydrogen-bond acceptors (Lipinski definition) is 4. The number of hydrogen-bond donors (Lipinski definition) is 0. The third-order valence-electron chi connectivity index (χ3n) is 5.16. The van der Waals surface area contributed by atoms with Crippen LogP contribution in [0.1, 0.15) is 18.4 Å². The molecule has 0 N–H and O–H groups in total. The number of rotatable bonds is 6. The van der Waals surface area contributed by atoms with Crippen molar-refractivity contribution in [2.75, 3.05) is 6.61 Å². The van der Waals surface area contributed by atoms with E-state index >= 15 is 0 Å². The summed E-state index contributed by atoms with van der Waals surface area (Å²) in [5.41, 5.74) is 1.13. The lowest BCUT2D eigenvalue weighted by Gasteiger charge is -2.26. The van der Waals surface area contributed by atoms with Crippen LogP contribution in [-0.2, 0) is 25.9 Å². The maximum atomic E-state index is 12.9. The van der Waals surface area contributed by atoms with E-state index in [2.05, 4.69) is 0 Å². The van der Waals surface area contributed by atoms with Crippen molar-refractivity contribution in [1.82, 2.24) is 0 Å². The molecule has 2 heterocycles. The molecular weight excluding hydrogens is 336 g/mol. The summed E-state index contributed by atoms with van der Waals surface area (Å²) in [7, 11) is -3.36. The molecule has 2 aromatic carbocycles. The molecule has 0 spiro atoms. The van der Waals surface area contributed by atoms with E-state index in [1.54, 1.807) is 24.3 Å². The van der Waals surface area contributed by atoms with E-state index in [0.29, 0.717) is 24.5 Å². The highest BCUT2D eigenvalue weighted by Crippen LogP contribution is 2.43. The highest BCUT2D eigenvalue weighted by Gasteiger charge is 2.52. The smallest absolute Gasteiger partial charge is 0.183 e. The van der Waals surface area contributed by atoms with Crippen molar-refractivity contribution in [1.29, 1.82) is 0 Å². The summed E-state index contributed by atoms with van der Waals surface area (Å²) in [4.78, 5) is 0.389. The molecule has 25 heavy (non-hydrogen) atoms. The first kappa shape index (κ1) is 16.8. The number of benzene rings is 2. The lowest BCUT2D eigenvalue weighted by atomic mass is 9.89. The standard InChI is InChI=1S/C20H22O4S/c21-25(22,18-9-5-2-6-10-18)19-12-17-11-16(20(19)24-17)14-23-13-15-7-3-1-4-8-15/h1-10,16-17,19-20H,11-14H2/t16-,17+,19?,20-/m1/s1. The first-order valence-electron chi connectivity index (χ1n) is 8.70. The Morgan fingerprint density at radius 1 is 0.960 bits per heavy atom. The Balaban J connectivity index is 1.42. The molecule has 0 aliphatic carbocycles. The molecule has 4 atom stereocenters. The van der Waals surface area contributed by atoms with Crippen molar-refractivity contribution in [3.05, 3.63) is 66.2 Å². The minimum absolute atomic E-state index is 0.0406. The molecular formula is C20H22O4S. The third-order valence-corrected chi connectivity index (χ3v) is 7.34. The average molecular weight is 358 g/mol. The van der Waals surface area contributed by atoms with Crippen LogP contribution in [-0.4, -0.2) is 32.5 Å². The van der Waals surface area contributed by atoms with Gasteiger partial charge in [0, 0.05) is 5.92 Å². The van der Waals surface area contributed by atoms with Gasteiger partial charge in [-0.15, -0.1) is 0 Å². The van der Waals surface area contributed by atoms with Gasteiger partial charge in [-0.2, -0.15) is 0 Å². The minimum Gasteiger partial charge on any atom is -0.376 e. The topological polar surface area (TPSA) is 52.6 Å². The number of ether oxygens (including phenoxy) is 2. The van der Waals surface area contributed by atoms with Crippen molar-refractivity contribution in [2.24, 2.45) is 5.92 Å². The molecule has 4 rings (SSSR count). The highest BCUT2D eigenvalue weighted by atomic mass is 32.2. The normalized spacial score (nSPS) is 28.3. The van der Waals surface area contributed by atoms with Crippen LogP contribution in [0.25, 0.3) is 0 Å². The van der Waals surface area contributed by atoms with Crippen molar-refractivity contribution in [3.8, 4) is 0 Å². The van der Waals surface area contributed by atoms with E-state index in [0.717, 1.165) is 12.0 Å². The lowest BCUT2D eigenvalue weighted by molar-refractivity contribution is 0.0458. The van der Waals surface area contributed by atoms with Gasteiger partial charge >= 0.3 is 0 Å². The van der Waals surface area contributed by atoms with E-state index < -0.39 is 15.1 Å². The van der Waals surface area contributed by atoms with Gasteiger partial charge in [-0.05, 0) is 30.5 Å². The predicted octanol–water partition coefficient (Wildman–Crippen LogP) is 3.22. The van der Waals surface area contributed by atoms with Crippen LogP contribution in [0.15, 0.2) is 65.6 Å². The van der Waals surface area contributed by atoms with Crippen LogP contribution < -0.4 is 0 Å². The number of fused-ring (bicyclic) bond motifs is 2. The SMILES string of the molecule is O=S(=O)(c1ccccc1)C1C[C@@H]2C[C@H](COCc3ccccc3)[C@H]1O2. The van der Waals surface area contributed by atoms with Gasteiger partial charge in [0.1, 0.15) is 0 Å². The Labute approximate surface area is 148 Å². The Morgan fingerprint density at radius 3 is 2.32 bits per heavy atom. The Hall–Kier alpha value is -1.69. The molecule has 132 valence electrons. The molecule has 0 aromatic heterocycles. The van der Waals surface area contributed by atoms with Gasteiger partial charge in [0.2, 0.25) is 0 Å². The molecule has 2 bridgehead atoms. The third kappa shape index (κ3) is 3.36. The fourth-order valence-corrected chi connectivity index (χ4v) is 5.94. The van der Waals surface area contributed by atoms with Crippen LogP contribution in [0.5, 0.6) is 0 Å². The average Bonchev–Trinajstić information content (AvgIpc) is 3.24. The van der Waals surface area contributed by atoms with E-state index in [1.165, 1.54) is 0 Å². The molecule has 2 fully saturated rings. The molecule has 2 saturated heterocycles. The largest absolute Gasteiger partial charge is 0.376 e. The van der Waals surface area contributed by atoms with E-state index in [4.69, 9.17) is 9.47 Å². The second-order valence-corrected chi connectivity index (χ2v) is 9.02. The molecule has 2 aromatic rings. The summed E-state index contributed by atoms with van der Waals surface area (Å²) in [6.07, 6.45) is 1.27. The van der Waals surface area contributed by atoms with Gasteiger partial charge in [-0.25, -0.2) is 8.42 Å². The zero-order chi connectivity index (χ0) is 17.3. The lowest BCUT2D eigenvalue weighted by Crippen LogP contribution is -2.38. The molecule has 1 unspecified atom stereocenters. The first-order chi connectivity index (χ1) is 12.1. The summed E-state index contributed by atoms with van der Waals surface area (Å²) < 4.78 is 37.7. The van der Waals surface area contributed by atoms with Crippen LogP contribution in [0, 0.1) is 5.92 Å².